The number of nitrogens with zero attached hydrogens (tertiary/aromatic N) is 5. The van der Waals surface area contributed by atoms with E-state index in [1.165, 1.54) is 0 Å². The SMILES string of the molecule is O=C(c1cccnc1-n1cccn1)N1CCSc2ccncc21. The molecule has 6 nitrogen and oxygen atoms in total. The number of fused-ring (bicyclic) bond motifs is 1. The highest BCUT2D eigenvalue weighted by Crippen LogP contribution is 2.34. The van der Waals surface area contributed by atoms with Gasteiger partial charge in [-0.05, 0) is 24.3 Å². The molecule has 0 saturated carbocycles. The van der Waals surface area contributed by atoms with Crippen LogP contribution in [0, 0.1) is 0 Å². The molecular formula is C16H13N5OS. The molecule has 0 unspecified atom stereocenters. The maximum atomic E-state index is 13.1. The summed E-state index contributed by atoms with van der Waals surface area (Å²) in [5.74, 6) is 1.31. The van der Waals surface area contributed by atoms with Crippen LogP contribution in [0.5, 0.6) is 0 Å². The van der Waals surface area contributed by atoms with Crippen LogP contribution in [0.1, 0.15) is 10.4 Å². The zero-order valence-corrected chi connectivity index (χ0v) is 13.0. The standard InChI is InChI=1S/C16H13N5OS/c22-16(20-9-10-23-14-4-7-17-11-13(14)20)12-3-1-5-18-15(12)21-8-2-6-19-21/h1-8,11H,9-10H2. The van der Waals surface area contributed by atoms with Crippen molar-refractivity contribution in [3.8, 4) is 5.82 Å². The van der Waals surface area contributed by atoms with E-state index in [1.807, 2.05) is 6.07 Å². The Hall–Kier alpha value is -2.67. The van der Waals surface area contributed by atoms with Gasteiger partial charge in [0.15, 0.2) is 5.82 Å². The van der Waals surface area contributed by atoms with Crippen LogP contribution >= 0.6 is 11.8 Å². The molecule has 1 amide bonds. The molecule has 114 valence electrons. The van der Waals surface area contributed by atoms with Crippen molar-refractivity contribution < 1.29 is 4.79 Å². The first kappa shape index (κ1) is 14.0. The number of hydrogen-bond acceptors (Lipinski definition) is 5. The summed E-state index contributed by atoms with van der Waals surface area (Å²) in [5, 5.41) is 4.19. The van der Waals surface area contributed by atoms with Crippen LogP contribution in [-0.2, 0) is 0 Å². The number of rotatable bonds is 2. The lowest BCUT2D eigenvalue weighted by atomic mass is 10.2. The van der Waals surface area contributed by atoms with Gasteiger partial charge in [-0.2, -0.15) is 5.10 Å². The summed E-state index contributed by atoms with van der Waals surface area (Å²) in [6.45, 7) is 0.648. The van der Waals surface area contributed by atoms with Gasteiger partial charge in [-0.25, -0.2) is 9.67 Å². The summed E-state index contributed by atoms with van der Waals surface area (Å²) in [6.07, 6.45) is 8.60. The molecule has 0 bridgehead atoms. The number of carbonyl (C=O) groups is 1. The number of amides is 1. The van der Waals surface area contributed by atoms with Crippen LogP contribution in [0.2, 0.25) is 0 Å². The van der Waals surface area contributed by atoms with Crippen molar-refractivity contribution in [2.24, 2.45) is 0 Å². The molecule has 0 fully saturated rings. The summed E-state index contributed by atoms with van der Waals surface area (Å²) in [7, 11) is 0. The molecule has 4 rings (SSSR count). The normalized spacial score (nSPS) is 13.7. The molecule has 4 heterocycles. The van der Waals surface area contributed by atoms with Crippen molar-refractivity contribution in [3.63, 3.8) is 0 Å². The summed E-state index contributed by atoms with van der Waals surface area (Å²) in [6, 6.07) is 7.30. The Kier molecular flexibility index (Phi) is 3.55. The van der Waals surface area contributed by atoms with Crippen molar-refractivity contribution in [2.75, 3.05) is 17.2 Å². The van der Waals surface area contributed by atoms with E-state index < -0.39 is 0 Å². The molecule has 3 aromatic heterocycles. The van der Waals surface area contributed by atoms with Gasteiger partial charge in [0.25, 0.3) is 5.91 Å². The van der Waals surface area contributed by atoms with E-state index in [9.17, 15) is 4.79 Å². The fourth-order valence-electron chi connectivity index (χ4n) is 2.56. The fraction of sp³-hybridized carbons (Fsp3) is 0.125. The van der Waals surface area contributed by atoms with Crippen molar-refractivity contribution >= 4 is 23.4 Å². The highest BCUT2D eigenvalue weighted by atomic mass is 32.2. The summed E-state index contributed by atoms with van der Waals surface area (Å²) in [5.41, 5.74) is 1.38. The predicted octanol–water partition coefficient (Wildman–Crippen LogP) is 2.41. The van der Waals surface area contributed by atoms with Gasteiger partial charge in [-0.15, -0.1) is 11.8 Å². The Morgan fingerprint density at radius 3 is 3.00 bits per heavy atom. The molecule has 0 spiro atoms. The molecule has 3 aromatic rings. The van der Waals surface area contributed by atoms with Crippen LogP contribution in [0.3, 0.4) is 0 Å². The number of aromatic nitrogens is 4. The second-order valence-electron chi connectivity index (χ2n) is 4.97. The summed E-state index contributed by atoms with van der Waals surface area (Å²) >= 11 is 1.74. The van der Waals surface area contributed by atoms with Gasteiger partial charge < -0.3 is 4.90 Å². The molecule has 0 N–H and O–H groups in total. The molecule has 0 saturated heterocycles. The maximum absolute atomic E-state index is 13.1. The predicted molar refractivity (Wildman–Crippen MR) is 88.0 cm³/mol. The largest absolute Gasteiger partial charge is 0.305 e. The second-order valence-corrected chi connectivity index (χ2v) is 6.11. The summed E-state index contributed by atoms with van der Waals surface area (Å²) < 4.78 is 1.61. The van der Waals surface area contributed by atoms with Gasteiger partial charge in [0, 0.05) is 42.0 Å². The Morgan fingerprint density at radius 1 is 1.17 bits per heavy atom. The molecule has 23 heavy (non-hydrogen) atoms. The molecule has 1 aliphatic rings. The Labute approximate surface area is 137 Å². The van der Waals surface area contributed by atoms with Crippen LogP contribution in [-0.4, -0.2) is 38.0 Å². The van der Waals surface area contributed by atoms with Crippen molar-refractivity contribution in [1.82, 2.24) is 19.7 Å². The Bertz CT molecular complexity index is 849. The lowest BCUT2D eigenvalue weighted by Gasteiger charge is -2.28. The third kappa shape index (κ3) is 2.49. The topological polar surface area (TPSA) is 63.9 Å². The van der Waals surface area contributed by atoms with Gasteiger partial charge in [-0.1, -0.05) is 0 Å². The third-order valence-electron chi connectivity index (χ3n) is 3.61. The van der Waals surface area contributed by atoms with E-state index in [0.717, 1.165) is 16.3 Å². The molecule has 0 aliphatic carbocycles. The zero-order valence-electron chi connectivity index (χ0n) is 12.2. The van der Waals surface area contributed by atoms with Gasteiger partial charge in [0.1, 0.15) is 0 Å². The highest BCUT2D eigenvalue weighted by molar-refractivity contribution is 7.99. The minimum atomic E-state index is -0.0850. The molecular weight excluding hydrogens is 310 g/mol. The third-order valence-corrected chi connectivity index (χ3v) is 4.65. The average molecular weight is 323 g/mol. The molecule has 0 radical (unpaired) electrons. The first-order valence-electron chi connectivity index (χ1n) is 7.18. The molecule has 1 aliphatic heterocycles. The molecule has 7 heteroatoms. The first-order valence-corrected chi connectivity index (χ1v) is 8.17. The lowest BCUT2D eigenvalue weighted by Crippen LogP contribution is -2.36. The minimum Gasteiger partial charge on any atom is -0.305 e. The van der Waals surface area contributed by atoms with E-state index in [-0.39, 0.29) is 5.91 Å². The number of thioether (sulfide) groups is 1. The zero-order chi connectivity index (χ0) is 15.6. The first-order chi connectivity index (χ1) is 11.3. The lowest BCUT2D eigenvalue weighted by molar-refractivity contribution is 0.0987. The monoisotopic (exact) mass is 323 g/mol. The quantitative estimate of drug-likeness (QED) is 0.725. The molecule has 0 atom stereocenters. The van der Waals surface area contributed by atoms with Gasteiger partial charge in [0.2, 0.25) is 0 Å². The average Bonchev–Trinajstić information content (AvgIpc) is 3.15. The van der Waals surface area contributed by atoms with Crippen molar-refractivity contribution in [3.05, 3.63) is 60.8 Å². The van der Waals surface area contributed by atoms with E-state index in [0.29, 0.717) is 17.9 Å². The smallest absolute Gasteiger partial charge is 0.262 e. The number of hydrogen-bond donors (Lipinski definition) is 0. The Morgan fingerprint density at radius 2 is 2.13 bits per heavy atom. The number of anilines is 1. The van der Waals surface area contributed by atoms with E-state index in [2.05, 4.69) is 15.1 Å². The molecule has 0 aromatic carbocycles. The van der Waals surface area contributed by atoms with E-state index >= 15 is 0 Å². The van der Waals surface area contributed by atoms with Crippen LogP contribution in [0.25, 0.3) is 5.82 Å². The van der Waals surface area contributed by atoms with E-state index in [4.69, 9.17) is 0 Å². The number of pyridine rings is 2. The van der Waals surface area contributed by atoms with Crippen LogP contribution in [0.15, 0.2) is 60.1 Å². The van der Waals surface area contributed by atoms with Crippen molar-refractivity contribution in [1.29, 1.82) is 0 Å². The highest BCUT2D eigenvalue weighted by Gasteiger charge is 2.26. The summed E-state index contributed by atoms with van der Waals surface area (Å²) in [4.78, 5) is 24.4. The fourth-order valence-corrected chi connectivity index (χ4v) is 3.52. The second kappa shape index (κ2) is 5.85. The van der Waals surface area contributed by atoms with Crippen LogP contribution in [0.4, 0.5) is 5.69 Å². The van der Waals surface area contributed by atoms with Crippen LogP contribution < -0.4 is 4.90 Å². The maximum Gasteiger partial charge on any atom is 0.262 e. The minimum absolute atomic E-state index is 0.0850. The Balaban J connectivity index is 1.77. The van der Waals surface area contributed by atoms with Gasteiger partial charge in [0.05, 0.1) is 17.4 Å². The van der Waals surface area contributed by atoms with Gasteiger partial charge >= 0.3 is 0 Å². The number of carbonyl (C=O) groups excluding carboxylic acids is 1. The van der Waals surface area contributed by atoms with E-state index in [1.54, 1.807) is 70.5 Å². The van der Waals surface area contributed by atoms with Gasteiger partial charge in [-0.3, -0.25) is 9.78 Å². The van der Waals surface area contributed by atoms with Crippen molar-refractivity contribution in [2.45, 2.75) is 4.90 Å².